The Morgan fingerprint density at radius 3 is 3.00 bits per heavy atom. The Kier molecular flexibility index (Phi) is 2.13. The molecule has 1 saturated heterocycles. The zero-order valence-corrected chi connectivity index (χ0v) is 9.03. The molecule has 1 saturated carbocycles. The Morgan fingerprint density at radius 1 is 1.47 bits per heavy atom. The molecule has 0 amide bonds. The average molecular weight is 203 g/mol. The lowest BCUT2D eigenvalue weighted by Gasteiger charge is -2.10. The molecule has 0 radical (unpaired) electrons. The largest absolute Gasteiger partial charge is 0.384 e. The minimum absolute atomic E-state index is 0.902. The van der Waals surface area contributed by atoms with Crippen LogP contribution in [0.4, 0.5) is 5.69 Å². The molecule has 0 aromatic carbocycles. The molecule has 80 valence electrons. The van der Waals surface area contributed by atoms with Crippen LogP contribution in [0.2, 0.25) is 0 Å². The minimum Gasteiger partial charge on any atom is -0.384 e. The first-order valence-corrected chi connectivity index (χ1v) is 5.71. The van der Waals surface area contributed by atoms with Crippen molar-refractivity contribution in [2.45, 2.75) is 6.92 Å². The van der Waals surface area contributed by atoms with Gasteiger partial charge in [0.1, 0.15) is 0 Å². The maximum Gasteiger partial charge on any atom is 0.0400 e. The number of pyridine rings is 1. The second-order valence-electron chi connectivity index (χ2n) is 4.72. The van der Waals surface area contributed by atoms with E-state index >= 15 is 0 Å². The van der Waals surface area contributed by atoms with Crippen molar-refractivity contribution in [3.63, 3.8) is 0 Å². The maximum atomic E-state index is 4.09. The summed E-state index contributed by atoms with van der Waals surface area (Å²) in [4.78, 5) is 4.09. The van der Waals surface area contributed by atoms with Gasteiger partial charge in [0, 0.05) is 24.6 Å². The van der Waals surface area contributed by atoms with Gasteiger partial charge in [0.15, 0.2) is 0 Å². The fourth-order valence-corrected chi connectivity index (χ4v) is 2.75. The molecule has 2 unspecified atom stereocenters. The SMILES string of the molecule is Cc1cnccc1NCC1C2CNCC21. The molecule has 2 heterocycles. The van der Waals surface area contributed by atoms with Crippen LogP contribution in [0.25, 0.3) is 0 Å². The Balaban J connectivity index is 1.57. The molecule has 2 atom stereocenters. The minimum atomic E-state index is 0.902. The summed E-state index contributed by atoms with van der Waals surface area (Å²) in [7, 11) is 0. The third-order valence-electron chi connectivity index (χ3n) is 3.82. The van der Waals surface area contributed by atoms with Gasteiger partial charge in [-0.1, -0.05) is 0 Å². The highest BCUT2D eigenvalue weighted by atomic mass is 15.0. The summed E-state index contributed by atoms with van der Waals surface area (Å²) in [6.45, 7) is 5.69. The van der Waals surface area contributed by atoms with Crippen LogP contribution in [-0.2, 0) is 0 Å². The summed E-state index contributed by atoms with van der Waals surface area (Å²) in [6.07, 6.45) is 3.77. The van der Waals surface area contributed by atoms with Crippen molar-refractivity contribution < 1.29 is 0 Å². The summed E-state index contributed by atoms with van der Waals surface area (Å²) in [5.41, 5.74) is 2.48. The number of nitrogens with one attached hydrogen (secondary N) is 2. The third kappa shape index (κ3) is 1.61. The topological polar surface area (TPSA) is 37.0 Å². The lowest BCUT2D eigenvalue weighted by Crippen LogP contribution is -2.18. The number of hydrogen-bond acceptors (Lipinski definition) is 3. The van der Waals surface area contributed by atoms with Crippen LogP contribution in [0.3, 0.4) is 0 Å². The number of rotatable bonds is 3. The molecule has 2 fully saturated rings. The Labute approximate surface area is 90.3 Å². The van der Waals surface area contributed by atoms with Crippen molar-refractivity contribution in [3.05, 3.63) is 24.0 Å². The summed E-state index contributed by atoms with van der Waals surface area (Å²) in [5.74, 6) is 2.79. The zero-order valence-electron chi connectivity index (χ0n) is 9.03. The molecule has 3 nitrogen and oxygen atoms in total. The Morgan fingerprint density at radius 2 is 2.27 bits per heavy atom. The van der Waals surface area contributed by atoms with Crippen molar-refractivity contribution in [2.24, 2.45) is 17.8 Å². The number of aromatic nitrogens is 1. The van der Waals surface area contributed by atoms with E-state index in [9.17, 15) is 0 Å². The fraction of sp³-hybridized carbons (Fsp3) is 0.583. The number of anilines is 1. The summed E-state index contributed by atoms with van der Waals surface area (Å²) in [6, 6.07) is 2.06. The van der Waals surface area contributed by atoms with Crippen LogP contribution in [0.1, 0.15) is 5.56 Å². The third-order valence-corrected chi connectivity index (χ3v) is 3.82. The van der Waals surface area contributed by atoms with E-state index in [4.69, 9.17) is 0 Å². The van der Waals surface area contributed by atoms with Crippen molar-refractivity contribution in [1.29, 1.82) is 0 Å². The first kappa shape index (κ1) is 9.16. The van der Waals surface area contributed by atoms with E-state index in [1.54, 1.807) is 0 Å². The highest BCUT2D eigenvalue weighted by Gasteiger charge is 2.52. The van der Waals surface area contributed by atoms with Crippen molar-refractivity contribution in [3.8, 4) is 0 Å². The van der Waals surface area contributed by atoms with E-state index in [0.717, 1.165) is 24.3 Å². The molecule has 1 aliphatic carbocycles. The molecule has 0 spiro atoms. The van der Waals surface area contributed by atoms with Gasteiger partial charge in [0.05, 0.1) is 0 Å². The summed E-state index contributed by atoms with van der Waals surface area (Å²) in [5, 5.41) is 6.96. The highest BCUT2D eigenvalue weighted by Crippen LogP contribution is 2.48. The zero-order chi connectivity index (χ0) is 10.3. The molecule has 0 bridgehead atoms. The van der Waals surface area contributed by atoms with Gasteiger partial charge in [-0.2, -0.15) is 0 Å². The molecule has 15 heavy (non-hydrogen) atoms. The molecule has 1 aromatic rings. The number of nitrogens with zero attached hydrogens (tertiary/aromatic N) is 1. The van der Waals surface area contributed by atoms with E-state index < -0.39 is 0 Å². The second kappa shape index (κ2) is 3.49. The highest BCUT2D eigenvalue weighted by molar-refractivity contribution is 5.48. The van der Waals surface area contributed by atoms with Gasteiger partial charge in [-0.15, -0.1) is 0 Å². The second-order valence-corrected chi connectivity index (χ2v) is 4.72. The van der Waals surface area contributed by atoms with Crippen LogP contribution < -0.4 is 10.6 Å². The quantitative estimate of drug-likeness (QED) is 0.776. The average Bonchev–Trinajstić information content (AvgIpc) is 2.71. The van der Waals surface area contributed by atoms with Crippen molar-refractivity contribution in [2.75, 3.05) is 25.0 Å². The van der Waals surface area contributed by atoms with Gasteiger partial charge in [-0.25, -0.2) is 0 Å². The van der Waals surface area contributed by atoms with Crippen molar-refractivity contribution in [1.82, 2.24) is 10.3 Å². The van der Waals surface area contributed by atoms with Crippen molar-refractivity contribution >= 4 is 5.69 Å². The smallest absolute Gasteiger partial charge is 0.0400 e. The molecular formula is C12H17N3. The fourth-order valence-electron chi connectivity index (χ4n) is 2.75. The molecule has 1 aromatic heterocycles. The lowest BCUT2D eigenvalue weighted by atomic mass is 10.2. The van der Waals surface area contributed by atoms with Gasteiger partial charge in [0.25, 0.3) is 0 Å². The van der Waals surface area contributed by atoms with E-state index in [-0.39, 0.29) is 0 Å². The molecular weight excluding hydrogens is 186 g/mol. The normalized spacial score (nSPS) is 32.5. The Bertz CT molecular complexity index is 354. The number of aryl methyl sites for hydroxylation is 1. The molecule has 3 rings (SSSR count). The predicted octanol–water partition coefficient (Wildman–Crippen LogP) is 1.27. The van der Waals surface area contributed by atoms with Gasteiger partial charge in [-0.05, 0) is 49.4 Å². The van der Waals surface area contributed by atoms with Gasteiger partial charge < -0.3 is 10.6 Å². The summed E-state index contributed by atoms with van der Waals surface area (Å²) >= 11 is 0. The van der Waals surface area contributed by atoms with E-state index in [0.29, 0.717) is 0 Å². The van der Waals surface area contributed by atoms with Crippen LogP contribution in [0, 0.1) is 24.7 Å². The first-order valence-electron chi connectivity index (χ1n) is 5.71. The van der Waals surface area contributed by atoms with Crippen LogP contribution >= 0.6 is 0 Å². The van der Waals surface area contributed by atoms with Gasteiger partial charge >= 0.3 is 0 Å². The van der Waals surface area contributed by atoms with Gasteiger partial charge in [-0.3, -0.25) is 4.98 Å². The summed E-state index contributed by atoms with van der Waals surface area (Å²) < 4.78 is 0. The molecule has 1 aliphatic heterocycles. The van der Waals surface area contributed by atoms with Crippen LogP contribution in [0.5, 0.6) is 0 Å². The molecule has 2 aliphatic rings. The first-order chi connectivity index (χ1) is 7.36. The number of fused-ring (bicyclic) bond motifs is 1. The predicted molar refractivity (Wildman–Crippen MR) is 60.8 cm³/mol. The number of hydrogen-bond donors (Lipinski definition) is 2. The van der Waals surface area contributed by atoms with E-state index in [2.05, 4.69) is 28.6 Å². The van der Waals surface area contributed by atoms with E-state index in [1.807, 2.05) is 12.4 Å². The molecule has 2 N–H and O–H groups in total. The number of piperidine rings is 1. The lowest BCUT2D eigenvalue weighted by molar-refractivity contribution is 0.615. The van der Waals surface area contributed by atoms with E-state index in [1.165, 1.54) is 24.3 Å². The molecule has 3 heteroatoms. The van der Waals surface area contributed by atoms with Crippen LogP contribution in [0.15, 0.2) is 18.5 Å². The maximum absolute atomic E-state index is 4.09. The standard InChI is InChI=1S/C12H17N3/c1-8-4-13-3-2-12(8)15-7-11-9-5-14-6-10(9)11/h2-4,9-11,14H,5-7H2,1H3,(H,13,15). The van der Waals surface area contributed by atoms with Gasteiger partial charge in [0.2, 0.25) is 0 Å². The Hall–Kier alpha value is -1.09. The monoisotopic (exact) mass is 203 g/mol. The van der Waals surface area contributed by atoms with Crippen LogP contribution in [-0.4, -0.2) is 24.6 Å².